The van der Waals surface area contributed by atoms with Crippen LogP contribution in [0, 0.1) is 0 Å². The van der Waals surface area contributed by atoms with Crippen LogP contribution in [0.4, 0.5) is 0 Å². The molecule has 0 aliphatic rings. The van der Waals surface area contributed by atoms with Crippen LogP contribution in [-0.2, 0) is 32.7 Å². The molecule has 0 aromatic rings. The Morgan fingerprint density at radius 2 is 0.814 bits per heavy atom. The van der Waals surface area contributed by atoms with E-state index in [4.69, 9.17) is 18.5 Å². The molecule has 8 nitrogen and oxygen atoms in total. The van der Waals surface area contributed by atoms with Gasteiger partial charge in [0.25, 0.3) is 0 Å². The van der Waals surface area contributed by atoms with E-state index in [1.54, 1.807) is 6.92 Å². The van der Waals surface area contributed by atoms with Gasteiger partial charge in [0.1, 0.15) is 6.61 Å². The van der Waals surface area contributed by atoms with E-state index in [9.17, 15) is 19.0 Å². The third-order valence-electron chi connectivity index (χ3n) is 10.7. The fourth-order valence-electron chi connectivity index (χ4n) is 7.01. The van der Waals surface area contributed by atoms with Crippen LogP contribution in [0.15, 0.2) is 36.5 Å². The Balaban J connectivity index is 4.01. The normalized spacial score (nSPS) is 13.5. The first-order valence-electron chi connectivity index (χ1n) is 24.8. The number of phosphoric ester groups is 1. The molecule has 0 bridgehead atoms. The number of carbonyl (C=O) groups is 2. The maximum absolute atomic E-state index is 12.6. The second-order valence-corrected chi connectivity index (χ2v) is 17.9. The van der Waals surface area contributed by atoms with Crippen molar-refractivity contribution in [3.8, 4) is 0 Å². The van der Waals surface area contributed by atoms with Crippen molar-refractivity contribution in [2.24, 2.45) is 0 Å². The van der Waals surface area contributed by atoms with Crippen LogP contribution >= 0.6 is 7.82 Å². The summed E-state index contributed by atoms with van der Waals surface area (Å²) in [5.74, 6) is -0.800. The van der Waals surface area contributed by atoms with Gasteiger partial charge in [-0.25, -0.2) is 4.57 Å². The summed E-state index contributed by atoms with van der Waals surface area (Å²) in [5, 5.41) is 0. The van der Waals surface area contributed by atoms with Gasteiger partial charge in [0, 0.05) is 12.8 Å². The Kier molecular flexibility index (Phi) is 44.4. The van der Waals surface area contributed by atoms with Gasteiger partial charge in [0.05, 0.1) is 13.2 Å². The predicted octanol–water partition coefficient (Wildman–Crippen LogP) is 16.0. The van der Waals surface area contributed by atoms with Crippen LogP contribution < -0.4 is 0 Å². The lowest BCUT2D eigenvalue weighted by atomic mass is 10.1. The molecule has 59 heavy (non-hydrogen) atoms. The lowest BCUT2D eigenvalue weighted by Gasteiger charge is -2.19. The van der Waals surface area contributed by atoms with Crippen LogP contribution in [0.3, 0.4) is 0 Å². The topological polar surface area (TPSA) is 108 Å². The fraction of sp³-hybridized carbons (Fsp3) is 0.840. The summed E-state index contributed by atoms with van der Waals surface area (Å²) in [6, 6.07) is 0. The smallest absolute Gasteiger partial charge is 0.462 e. The zero-order valence-electron chi connectivity index (χ0n) is 38.7. The van der Waals surface area contributed by atoms with Gasteiger partial charge in [0.2, 0.25) is 0 Å². The van der Waals surface area contributed by atoms with E-state index in [0.717, 1.165) is 44.9 Å². The van der Waals surface area contributed by atoms with E-state index < -0.39 is 26.5 Å². The fourth-order valence-corrected chi connectivity index (χ4v) is 7.76. The Hall–Kier alpha value is -1.73. The predicted molar refractivity (Wildman–Crippen MR) is 249 cm³/mol. The number of esters is 2. The highest BCUT2D eigenvalue weighted by atomic mass is 31.2. The van der Waals surface area contributed by atoms with E-state index in [1.807, 2.05) is 0 Å². The lowest BCUT2D eigenvalue weighted by molar-refractivity contribution is -0.161. The molecule has 0 aliphatic carbocycles. The number of rotatable bonds is 46. The summed E-state index contributed by atoms with van der Waals surface area (Å²) in [6.07, 6.45) is 53.4. The largest absolute Gasteiger partial charge is 0.472 e. The van der Waals surface area contributed by atoms with E-state index in [2.05, 4.69) is 50.3 Å². The van der Waals surface area contributed by atoms with Gasteiger partial charge in [-0.1, -0.05) is 192 Å². The van der Waals surface area contributed by atoms with Gasteiger partial charge in [-0.2, -0.15) is 0 Å². The Labute approximate surface area is 364 Å². The first-order chi connectivity index (χ1) is 28.8. The first kappa shape index (κ1) is 57.3. The number of hydrogen-bond donors (Lipinski definition) is 1. The van der Waals surface area contributed by atoms with Gasteiger partial charge in [-0.15, -0.1) is 0 Å². The number of unbranched alkanes of at least 4 members (excludes halogenated alkanes) is 28. The minimum atomic E-state index is -4.29. The van der Waals surface area contributed by atoms with Crippen LogP contribution in [-0.4, -0.2) is 42.8 Å². The molecule has 9 heteroatoms. The molecule has 0 saturated carbocycles. The Morgan fingerprint density at radius 1 is 0.458 bits per heavy atom. The average molecular weight is 853 g/mol. The van der Waals surface area contributed by atoms with E-state index in [0.29, 0.717) is 6.42 Å². The van der Waals surface area contributed by atoms with Crippen molar-refractivity contribution in [1.82, 2.24) is 0 Å². The molecule has 0 heterocycles. The van der Waals surface area contributed by atoms with Gasteiger partial charge in [-0.05, 0) is 77.6 Å². The summed E-state index contributed by atoms with van der Waals surface area (Å²) >= 11 is 0. The molecular weight excluding hydrogens is 760 g/mol. The van der Waals surface area contributed by atoms with Crippen LogP contribution in [0.5, 0.6) is 0 Å². The van der Waals surface area contributed by atoms with Crippen LogP contribution in [0.25, 0.3) is 0 Å². The second-order valence-electron chi connectivity index (χ2n) is 16.5. The minimum absolute atomic E-state index is 0.000786. The van der Waals surface area contributed by atoms with Crippen molar-refractivity contribution in [3.05, 3.63) is 36.5 Å². The molecule has 0 spiro atoms. The molecule has 0 fully saturated rings. The highest BCUT2D eigenvalue weighted by Crippen LogP contribution is 2.43. The van der Waals surface area contributed by atoms with Gasteiger partial charge in [-0.3, -0.25) is 18.6 Å². The minimum Gasteiger partial charge on any atom is -0.462 e. The highest BCUT2D eigenvalue weighted by Gasteiger charge is 2.25. The third-order valence-corrected chi connectivity index (χ3v) is 11.7. The van der Waals surface area contributed by atoms with Crippen molar-refractivity contribution in [2.75, 3.05) is 19.8 Å². The van der Waals surface area contributed by atoms with Gasteiger partial charge >= 0.3 is 19.8 Å². The van der Waals surface area contributed by atoms with E-state index in [1.165, 1.54) is 161 Å². The third kappa shape index (κ3) is 45.6. The summed E-state index contributed by atoms with van der Waals surface area (Å²) in [7, 11) is -4.29. The standard InChI is InChI=1S/C50H93O8P/c1-4-7-9-11-13-15-17-19-21-23-25-26-27-29-31-33-35-37-39-41-43-45-50(52)58-48(47-57-59(53,54)56-6-3)46-55-49(51)44-42-40-38-36-34-32-30-28-24-22-20-18-16-14-12-10-8-5-2/h17,19,22-25,48H,4-16,18,20-21,26-47H2,1-3H3,(H,53,54)/b19-17-,24-22-,25-23-. The monoisotopic (exact) mass is 853 g/mol. The molecule has 1 N–H and O–H groups in total. The van der Waals surface area contributed by atoms with E-state index >= 15 is 0 Å². The SMILES string of the molecule is CCCCCCC/C=C\C/C=C\CCCCCCCCCCCC(=O)OC(COC(=O)CCCCCCCCC/C=C\CCCCCCCCC)COP(=O)(O)OCC. The quantitative estimate of drug-likeness (QED) is 0.0279. The van der Waals surface area contributed by atoms with Crippen LogP contribution in [0.1, 0.15) is 245 Å². The summed E-state index contributed by atoms with van der Waals surface area (Å²) in [5.41, 5.74) is 0. The molecule has 346 valence electrons. The number of carbonyl (C=O) groups excluding carboxylic acids is 2. The first-order valence-corrected chi connectivity index (χ1v) is 26.3. The molecular formula is C50H93O8P. The summed E-state index contributed by atoms with van der Waals surface area (Å²) < 4.78 is 32.8. The molecule has 0 amide bonds. The molecule has 0 saturated heterocycles. The number of ether oxygens (including phenoxy) is 2. The average Bonchev–Trinajstić information content (AvgIpc) is 3.22. The Bertz CT molecular complexity index is 1060. The van der Waals surface area contributed by atoms with Gasteiger partial charge < -0.3 is 14.4 Å². The Morgan fingerprint density at radius 3 is 1.22 bits per heavy atom. The number of hydrogen-bond acceptors (Lipinski definition) is 7. The zero-order valence-corrected chi connectivity index (χ0v) is 39.6. The number of phosphoric acid groups is 1. The van der Waals surface area contributed by atoms with Crippen LogP contribution in [0.2, 0.25) is 0 Å². The molecule has 2 unspecified atom stereocenters. The zero-order chi connectivity index (χ0) is 43.2. The molecule has 0 aliphatic heterocycles. The molecule has 0 aromatic carbocycles. The molecule has 0 radical (unpaired) electrons. The maximum Gasteiger partial charge on any atom is 0.472 e. The van der Waals surface area contributed by atoms with Crippen molar-refractivity contribution in [3.63, 3.8) is 0 Å². The summed E-state index contributed by atoms with van der Waals surface area (Å²) in [6.45, 7) is 5.49. The molecule has 0 rings (SSSR count). The lowest BCUT2D eigenvalue weighted by Crippen LogP contribution is -2.29. The molecule has 0 aromatic heterocycles. The van der Waals surface area contributed by atoms with Crippen molar-refractivity contribution in [1.29, 1.82) is 0 Å². The van der Waals surface area contributed by atoms with Gasteiger partial charge in [0.15, 0.2) is 6.10 Å². The highest BCUT2D eigenvalue weighted by molar-refractivity contribution is 7.47. The van der Waals surface area contributed by atoms with Crippen molar-refractivity contribution in [2.45, 2.75) is 252 Å². The van der Waals surface area contributed by atoms with Crippen molar-refractivity contribution >= 4 is 19.8 Å². The van der Waals surface area contributed by atoms with Crippen molar-refractivity contribution < 1.29 is 37.6 Å². The second kappa shape index (κ2) is 45.8. The molecule has 2 atom stereocenters. The summed E-state index contributed by atoms with van der Waals surface area (Å²) in [4.78, 5) is 34.9. The number of allylic oxidation sites excluding steroid dienone is 6. The van der Waals surface area contributed by atoms with E-state index in [-0.39, 0.29) is 32.0 Å². The maximum atomic E-state index is 12.6.